The number of aromatic nitrogens is 2. The van der Waals surface area contributed by atoms with Crippen molar-refractivity contribution < 1.29 is 27.5 Å². The van der Waals surface area contributed by atoms with Gasteiger partial charge in [0.25, 0.3) is 0 Å². The van der Waals surface area contributed by atoms with Crippen LogP contribution in [0.4, 0.5) is 17.6 Å². The van der Waals surface area contributed by atoms with Crippen LogP contribution >= 0.6 is 11.6 Å². The van der Waals surface area contributed by atoms with Crippen molar-refractivity contribution in [3.8, 4) is 0 Å². The van der Waals surface area contributed by atoms with Crippen molar-refractivity contribution in [2.45, 2.75) is 25.1 Å². The van der Waals surface area contributed by atoms with Crippen molar-refractivity contribution in [2.75, 3.05) is 0 Å². The first-order valence-corrected chi connectivity index (χ1v) is 8.79. The fourth-order valence-corrected chi connectivity index (χ4v) is 3.67. The van der Waals surface area contributed by atoms with Crippen molar-refractivity contribution in [3.63, 3.8) is 0 Å². The van der Waals surface area contributed by atoms with E-state index in [0.717, 1.165) is 6.07 Å². The molecule has 3 aromatic rings. The van der Waals surface area contributed by atoms with Gasteiger partial charge in [-0.15, -0.1) is 13.2 Å². The number of fused-ring (bicyclic) bond motifs is 1. The fourth-order valence-electron chi connectivity index (χ4n) is 3.51. The fraction of sp³-hybridized carbons (Fsp3) is 0.263. The Hall–Kier alpha value is -2.61. The Labute approximate surface area is 161 Å². The van der Waals surface area contributed by atoms with Gasteiger partial charge in [0.1, 0.15) is 5.82 Å². The van der Waals surface area contributed by atoms with Gasteiger partial charge in [-0.05, 0) is 35.7 Å². The van der Waals surface area contributed by atoms with Crippen LogP contribution in [0.1, 0.15) is 29.2 Å². The molecule has 4 rings (SSSR count). The molecule has 9 heteroatoms. The van der Waals surface area contributed by atoms with Crippen LogP contribution < -0.4 is 0 Å². The molecule has 1 saturated carbocycles. The van der Waals surface area contributed by atoms with Gasteiger partial charge in [-0.3, -0.25) is 4.79 Å². The summed E-state index contributed by atoms with van der Waals surface area (Å²) >= 11 is 5.76. The summed E-state index contributed by atoms with van der Waals surface area (Å²) in [6.45, 7) is 0. The number of rotatable bonds is 4. The van der Waals surface area contributed by atoms with E-state index < -0.39 is 29.9 Å². The van der Waals surface area contributed by atoms with E-state index in [1.165, 1.54) is 24.3 Å². The number of hydrogen-bond donors (Lipinski definition) is 1. The largest absolute Gasteiger partial charge is 0.505 e. The summed E-state index contributed by atoms with van der Waals surface area (Å²) in [4.78, 5) is 11.2. The summed E-state index contributed by atoms with van der Waals surface area (Å²) in [5.41, 5.74) is 0.628. The van der Waals surface area contributed by atoms with Crippen LogP contribution in [0.2, 0.25) is 5.02 Å². The SMILES string of the molecule is O=C(O)C1CC1c1nn(C(F)(F)F)c2cccc(Cc3ccc(Cl)cc3F)c12. The summed E-state index contributed by atoms with van der Waals surface area (Å²) in [7, 11) is 0. The number of carboxylic acid groups (broad SMARTS) is 1. The molecule has 0 saturated heterocycles. The molecule has 0 amide bonds. The molecule has 2 atom stereocenters. The Bertz CT molecular complexity index is 1090. The lowest BCUT2D eigenvalue weighted by Gasteiger charge is -2.09. The van der Waals surface area contributed by atoms with Gasteiger partial charge in [0.2, 0.25) is 0 Å². The Balaban J connectivity index is 1.87. The zero-order chi connectivity index (χ0) is 20.2. The lowest BCUT2D eigenvalue weighted by atomic mass is 9.98. The molecule has 1 heterocycles. The monoisotopic (exact) mass is 412 g/mol. The first kappa shape index (κ1) is 18.7. The highest BCUT2D eigenvalue weighted by atomic mass is 35.5. The lowest BCUT2D eigenvalue weighted by Crippen LogP contribution is -2.18. The number of aliphatic carboxylic acids is 1. The third-order valence-corrected chi connectivity index (χ3v) is 5.15. The second kappa shape index (κ2) is 6.48. The molecule has 0 spiro atoms. The van der Waals surface area contributed by atoms with Crippen molar-refractivity contribution in [1.29, 1.82) is 0 Å². The van der Waals surface area contributed by atoms with Crippen molar-refractivity contribution in [2.24, 2.45) is 5.92 Å². The molecule has 1 fully saturated rings. The maximum Gasteiger partial charge on any atom is 0.505 e. The maximum absolute atomic E-state index is 14.2. The number of carboxylic acids is 1. The quantitative estimate of drug-likeness (QED) is 0.608. The number of alkyl halides is 3. The molecule has 1 N–H and O–H groups in total. The molecule has 1 aromatic heterocycles. The third-order valence-electron chi connectivity index (χ3n) is 4.92. The molecule has 1 aliphatic carbocycles. The molecule has 0 aliphatic heterocycles. The molecule has 146 valence electrons. The molecule has 1 aliphatic rings. The normalized spacial score (nSPS) is 19.2. The number of nitrogens with zero attached hydrogens (tertiary/aromatic N) is 2. The zero-order valence-electron chi connectivity index (χ0n) is 14.2. The highest BCUT2D eigenvalue weighted by Gasteiger charge is 2.48. The van der Waals surface area contributed by atoms with Crippen LogP contribution in [-0.4, -0.2) is 20.9 Å². The van der Waals surface area contributed by atoms with Crippen LogP contribution in [0, 0.1) is 11.7 Å². The minimum absolute atomic E-state index is 0.0291. The molecule has 2 unspecified atom stereocenters. The van der Waals surface area contributed by atoms with Gasteiger partial charge in [-0.2, -0.15) is 9.78 Å². The van der Waals surface area contributed by atoms with E-state index in [0.29, 0.717) is 5.56 Å². The zero-order valence-corrected chi connectivity index (χ0v) is 14.9. The highest BCUT2D eigenvalue weighted by molar-refractivity contribution is 6.30. The Morgan fingerprint density at radius 2 is 2.00 bits per heavy atom. The van der Waals surface area contributed by atoms with Crippen molar-refractivity contribution in [3.05, 3.63) is 64.1 Å². The molecule has 0 bridgehead atoms. The van der Waals surface area contributed by atoms with E-state index in [9.17, 15) is 27.5 Å². The van der Waals surface area contributed by atoms with Gasteiger partial charge in [0.15, 0.2) is 0 Å². The minimum atomic E-state index is -4.76. The molecular weight excluding hydrogens is 400 g/mol. The number of carbonyl (C=O) groups is 1. The van der Waals surface area contributed by atoms with Crippen LogP contribution in [0.25, 0.3) is 10.9 Å². The maximum atomic E-state index is 14.2. The summed E-state index contributed by atoms with van der Waals surface area (Å²) in [6.07, 6.45) is -4.50. The molecule has 4 nitrogen and oxygen atoms in total. The van der Waals surface area contributed by atoms with Gasteiger partial charge >= 0.3 is 12.3 Å². The summed E-state index contributed by atoms with van der Waals surface area (Å²) in [6, 6.07) is 8.43. The predicted molar refractivity (Wildman–Crippen MR) is 93.7 cm³/mol. The summed E-state index contributed by atoms with van der Waals surface area (Å²) in [5, 5.41) is 13.3. The highest BCUT2D eigenvalue weighted by Crippen LogP contribution is 2.50. The third kappa shape index (κ3) is 3.22. The van der Waals surface area contributed by atoms with Crippen molar-refractivity contribution in [1.82, 2.24) is 9.78 Å². The van der Waals surface area contributed by atoms with Crippen LogP contribution in [-0.2, 0) is 17.5 Å². The smallest absolute Gasteiger partial charge is 0.481 e. The second-order valence-corrected chi connectivity index (χ2v) is 7.21. The van der Waals surface area contributed by atoms with Gasteiger partial charge in [0, 0.05) is 22.7 Å². The second-order valence-electron chi connectivity index (χ2n) is 6.78. The molecule has 2 aromatic carbocycles. The van der Waals surface area contributed by atoms with E-state index >= 15 is 0 Å². The van der Waals surface area contributed by atoms with Gasteiger partial charge in [-0.1, -0.05) is 29.8 Å². The first-order chi connectivity index (χ1) is 13.2. The number of halogens is 5. The molecule has 28 heavy (non-hydrogen) atoms. The van der Waals surface area contributed by atoms with E-state index in [1.54, 1.807) is 6.07 Å². The topological polar surface area (TPSA) is 55.1 Å². The predicted octanol–water partition coefficient (Wildman–Crippen LogP) is 5.08. The van der Waals surface area contributed by atoms with Crippen LogP contribution in [0.5, 0.6) is 0 Å². The van der Waals surface area contributed by atoms with Gasteiger partial charge < -0.3 is 5.11 Å². The van der Waals surface area contributed by atoms with E-state index in [1.807, 2.05) is 0 Å². The number of hydrogen-bond acceptors (Lipinski definition) is 2. The Morgan fingerprint density at radius 1 is 1.25 bits per heavy atom. The number of benzene rings is 2. The standard InChI is InChI=1S/C19H13ClF4N2O2/c20-11-5-4-9(14(21)7-11)6-10-2-1-3-15-16(10)17(12-8-13(12)18(27)28)25-26(15)19(22,23)24/h1-5,7,12-13H,6,8H2,(H,27,28). The minimum Gasteiger partial charge on any atom is -0.481 e. The molecule has 0 radical (unpaired) electrons. The molecular formula is C19H13ClF4N2O2. The van der Waals surface area contributed by atoms with E-state index in [-0.39, 0.29) is 44.7 Å². The lowest BCUT2D eigenvalue weighted by molar-refractivity contribution is -0.209. The summed E-state index contributed by atoms with van der Waals surface area (Å²) in [5.74, 6) is -3.00. The van der Waals surface area contributed by atoms with Crippen LogP contribution in [0.3, 0.4) is 0 Å². The van der Waals surface area contributed by atoms with Crippen molar-refractivity contribution >= 4 is 28.5 Å². The summed E-state index contributed by atoms with van der Waals surface area (Å²) < 4.78 is 54.5. The van der Waals surface area contributed by atoms with Gasteiger partial charge in [-0.25, -0.2) is 4.39 Å². The first-order valence-electron chi connectivity index (χ1n) is 8.41. The average Bonchev–Trinajstić information content (AvgIpc) is 3.30. The Kier molecular flexibility index (Phi) is 4.33. The van der Waals surface area contributed by atoms with E-state index in [2.05, 4.69) is 5.10 Å². The average molecular weight is 413 g/mol. The van der Waals surface area contributed by atoms with Gasteiger partial charge in [0.05, 0.1) is 17.1 Å². The van der Waals surface area contributed by atoms with Crippen LogP contribution in [0.15, 0.2) is 36.4 Å². The Morgan fingerprint density at radius 3 is 2.61 bits per heavy atom. The van der Waals surface area contributed by atoms with E-state index in [4.69, 9.17) is 11.6 Å².